The molecule has 0 radical (unpaired) electrons. The van der Waals surface area contributed by atoms with E-state index in [1.807, 2.05) is 9.47 Å². The van der Waals surface area contributed by atoms with Gasteiger partial charge in [-0.25, -0.2) is 4.98 Å². The molecular formula is C17H26N4O3. The lowest BCUT2D eigenvalue weighted by molar-refractivity contribution is -0.137. The number of amides is 2. The molecule has 1 aromatic rings. The highest BCUT2D eigenvalue weighted by molar-refractivity contribution is 5.93. The number of hydrogen-bond acceptors (Lipinski definition) is 4. The Hall–Kier alpha value is -1.89. The normalized spacial score (nSPS) is 20.5. The van der Waals surface area contributed by atoms with Gasteiger partial charge in [-0.05, 0) is 38.5 Å². The molecule has 2 N–H and O–H groups in total. The van der Waals surface area contributed by atoms with E-state index in [0.29, 0.717) is 31.6 Å². The summed E-state index contributed by atoms with van der Waals surface area (Å²) in [6.45, 7) is 2.87. The Morgan fingerprint density at radius 3 is 2.83 bits per heavy atom. The highest BCUT2D eigenvalue weighted by Crippen LogP contribution is 2.25. The van der Waals surface area contributed by atoms with Crippen LogP contribution in [0.4, 0.5) is 0 Å². The zero-order valence-corrected chi connectivity index (χ0v) is 14.0. The summed E-state index contributed by atoms with van der Waals surface area (Å²) in [5, 5.41) is 11.6. The predicted molar refractivity (Wildman–Crippen MR) is 88.5 cm³/mol. The fraction of sp³-hybridized carbons (Fsp3) is 0.706. The fourth-order valence-corrected chi connectivity index (χ4v) is 3.60. The molecule has 0 spiro atoms. The summed E-state index contributed by atoms with van der Waals surface area (Å²) in [5.41, 5.74) is 1.37. The van der Waals surface area contributed by atoms with E-state index < -0.39 is 0 Å². The van der Waals surface area contributed by atoms with Crippen molar-refractivity contribution in [2.24, 2.45) is 5.92 Å². The molecule has 3 heterocycles. The van der Waals surface area contributed by atoms with Crippen LogP contribution >= 0.6 is 0 Å². The second-order valence-corrected chi connectivity index (χ2v) is 6.65. The maximum absolute atomic E-state index is 12.7. The van der Waals surface area contributed by atoms with E-state index >= 15 is 0 Å². The Bertz CT molecular complexity index is 593. The molecule has 24 heavy (non-hydrogen) atoms. The van der Waals surface area contributed by atoms with E-state index in [-0.39, 0.29) is 24.3 Å². The first-order valence-electron chi connectivity index (χ1n) is 8.92. The number of likely N-dealkylation sites (tertiary alicyclic amines) is 1. The molecule has 132 valence electrons. The minimum Gasteiger partial charge on any atom is -0.396 e. The van der Waals surface area contributed by atoms with Gasteiger partial charge in [0.25, 0.3) is 5.91 Å². The number of imidazole rings is 1. The van der Waals surface area contributed by atoms with Crippen LogP contribution < -0.4 is 5.32 Å². The van der Waals surface area contributed by atoms with E-state index in [0.717, 1.165) is 38.0 Å². The monoisotopic (exact) mass is 334 g/mol. The van der Waals surface area contributed by atoms with Crippen LogP contribution in [-0.2, 0) is 17.8 Å². The zero-order valence-electron chi connectivity index (χ0n) is 14.0. The van der Waals surface area contributed by atoms with Gasteiger partial charge in [0.2, 0.25) is 5.91 Å². The van der Waals surface area contributed by atoms with Crippen molar-refractivity contribution >= 4 is 11.8 Å². The fourth-order valence-electron chi connectivity index (χ4n) is 3.60. The Kier molecular flexibility index (Phi) is 5.50. The minimum atomic E-state index is -0.196. The topological polar surface area (TPSA) is 87.5 Å². The third-order valence-electron chi connectivity index (χ3n) is 4.95. The number of nitrogens with zero attached hydrogens (tertiary/aromatic N) is 3. The minimum absolute atomic E-state index is 0.00454. The van der Waals surface area contributed by atoms with Crippen LogP contribution in [-0.4, -0.2) is 57.6 Å². The number of aliphatic hydroxyl groups is 1. The first-order chi connectivity index (χ1) is 11.7. The maximum Gasteiger partial charge on any atom is 0.271 e. The van der Waals surface area contributed by atoms with Crippen molar-refractivity contribution in [3.05, 3.63) is 17.7 Å². The molecule has 0 bridgehead atoms. The van der Waals surface area contributed by atoms with Crippen LogP contribution in [0.5, 0.6) is 0 Å². The molecule has 0 aliphatic carbocycles. The highest BCUT2D eigenvalue weighted by Gasteiger charge is 2.31. The Morgan fingerprint density at radius 1 is 1.29 bits per heavy atom. The van der Waals surface area contributed by atoms with Crippen LogP contribution in [0.1, 0.15) is 48.3 Å². The first-order valence-corrected chi connectivity index (χ1v) is 8.92. The number of fused-ring (bicyclic) bond motifs is 1. The summed E-state index contributed by atoms with van der Waals surface area (Å²) >= 11 is 0. The average molecular weight is 334 g/mol. The lowest BCUT2D eigenvalue weighted by Gasteiger charge is -2.32. The standard InChI is InChI=1S/C17H26N4O3/c22-10-4-7-18-16(23)15-14-6-5-13(11-21(14)12-19-15)17(24)20-8-2-1-3-9-20/h12-13,22H,1-11H2,(H,18,23). The number of carbonyl (C=O) groups excluding carboxylic acids is 2. The van der Waals surface area contributed by atoms with Gasteiger partial charge in [0.1, 0.15) is 5.69 Å². The van der Waals surface area contributed by atoms with Crippen molar-refractivity contribution < 1.29 is 14.7 Å². The number of hydrogen-bond donors (Lipinski definition) is 2. The summed E-state index contributed by atoms with van der Waals surface area (Å²) in [4.78, 5) is 31.1. The van der Waals surface area contributed by atoms with Crippen molar-refractivity contribution in [1.29, 1.82) is 0 Å². The second kappa shape index (κ2) is 7.79. The summed E-state index contributed by atoms with van der Waals surface area (Å²) in [6.07, 6.45) is 7.11. The number of nitrogens with one attached hydrogen (secondary N) is 1. The van der Waals surface area contributed by atoms with Gasteiger partial charge in [0, 0.05) is 32.8 Å². The second-order valence-electron chi connectivity index (χ2n) is 6.65. The maximum atomic E-state index is 12.7. The van der Waals surface area contributed by atoms with Crippen LogP contribution in [0, 0.1) is 5.92 Å². The van der Waals surface area contributed by atoms with Gasteiger partial charge in [-0.2, -0.15) is 0 Å². The van der Waals surface area contributed by atoms with Gasteiger partial charge in [0.05, 0.1) is 17.9 Å². The molecular weight excluding hydrogens is 308 g/mol. The van der Waals surface area contributed by atoms with E-state index in [9.17, 15) is 9.59 Å². The molecule has 7 heteroatoms. The number of piperidine rings is 1. The van der Waals surface area contributed by atoms with E-state index in [2.05, 4.69) is 10.3 Å². The number of aromatic nitrogens is 2. The molecule has 2 amide bonds. The van der Waals surface area contributed by atoms with Crippen LogP contribution in [0.15, 0.2) is 6.33 Å². The van der Waals surface area contributed by atoms with Gasteiger partial charge >= 0.3 is 0 Å². The third-order valence-corrected chi connectivity index (χ3v) is 4.95. The summed E-state index contributed by atoms with van der Waals surface area (Å²) in [6, 6.07) is 0. The van der Waals surface area contributed by atoms with Gasteiger partial charge in [0.15, 0.2) is 0 Å². The van der Waals surface area contributed by atoms with Gasteiger partial charge in [-0.3, -0.25) is 9.59 Å². The molecule has 1 aromatic heterocycles. The van der Waals surface area contributed by atoms with Crippen molar-refractivity contribution in [1.82, 2.24) is 19.8 Å². The van der Waals surface area contributed by atoms with Crippen molar-refractivity contribution in [3.8, 4) is 0 Å². The molecule has 1 saturated heterocycles. The zero-order chi connectivity index (χ0) is 16.9. The number of rotatable bonds is 5. The highest BCUT2D eigenvalue weighted by atomic mass is 16.3. The summed E-state index contributed by atoms with van der Waals surface area (Å²) < 4.78 is 1.96. The number of carbonyl (C=O) groups is 2. The van der Waals surface area contributed by atoms with E-state index in [1.54, 1.807) is 6.33 Å². The van der Waals surface area contributed by atoms with E-state index in [4.69, 9.17) is 5.11 Å². The molecule has 0 aromatic carbocycles. The SMILES string of the molecule is O=C(NCCCO)c1ncn2c1CCC(C(=O)N1CCCCC1)C2. The average Bonchev–Trinajstić information content (AvgIpc) is 3.05. The van der Waals surface area contributed by atoms with Gasteiger partial charge in [-0.15, -0.1) is 0 Å². The largest absolute Gasteiger partial charge is 0.396 e. The Balaban J connectivity index is 1.62. The lowest BCUT2D eigenvalue weighted by atomic mass is 9.94. The summed E-state index contributed by atoms with van der Waals surface area (Å²) in [7, 11) is 0. The smallest absolute Gasteiger partial charge is 0.271 e. The molecule has 2 aliphatic rings. The molecule has 3 rings (SSSR count). The van der Waals surface area contributed by atoms with Crippen LogP contribution in [0.2, 0.25) is 0 Å². The lowest BCUT2D eigenvalue weighted by Crippen LogP contribution is -2.42. The quantitative estimate of drug-likeness (QED) is 0.771. The predicted octanol–water partition coefficient (Wildman–Crippen LogP) is 0.570. The summed E-state index contributed by atoms with van der Waals surface area (Å²) in [5.74, 6) is 0.0519. The van der Waals surface area contributed by atoms with Crippen LogP contribution in [0.25, 0.3) is 0 Å². The molecule has 0 saturated carbocycles. The molecule has 2 aliphatic heterocycles. The van der Waals surface area contributed by atoms with Crippen molar-refractivity contribution in [2.45, 2.75) is 45.1 Å². The molecule has 1 fully saturated rings. The third kappa shape index (κ3) is 3.61. The molecule has 1 atom stereocenters. The van der Waals surface area contributed by atoms with Gasteiger partial charge in [-0.1, -0.05) is 0 Å². The van der Waals surface area contributed by atoms with E-state index in [1.165, 1.54) is 6.42 Å². The van der Waals surface area contributed by atoms with Gasteiger partial charge < -0.3 is 19.9 Å². The molecule has 1 unspecified atom stereocenters. The Morgan fingerprint density at radius 2 is 2.08 bits per heavy atom. The number of aliphatic hydroxyl groups excluding tert-OH is 1. The van der Waals surface area contributed by atoms with Crippen molar-refractivity contribution in [3.63, 3.8) is 0 Å². The molecule has 7 nitrogen and oxygen atoms in total. The van der Waals surface area contributed by atoms with Crippen LogP contribution in [0.3, 0.4) is 0 Å². The Labute approximate surface area is 142 Å². The van der Waals surface area contributed by atoms with Crippen molar-refractivity contribution in [2.75, 3.05) is 26.2 Å². The first kappa shape index (κ1) is 17.0.